The molecule has 33 heavy (non-hydrogen) atoms. The first-order chi connectivity index (χ1) is 16.0. The molecule has 174 valence electrons. The van der Waals surface area contributed by atoms with Crippen LogP contribution in [-0.2, 0) is 9.53 Å². The summed E-state index contributed by atoms with van der Waals surface area (Å²) in [5, 5.41) is 1.25. The van der Waals surface area contributed by atoms with Gasteiger partial charge in [-0.15, -0.1) is 0 Å². The molecule has 4 heterocycles. The summed E-state index contributed by atoms with van der Waals surface area (Å²) in [6.45, 7) is 10.0. The number of aromatic nitrogens is 2. The monoisotopic (exact) mass is 446 g/mol. The number of fused-ring (bicyclic) bond motifs is 1. The van der Waals surface area contributed by atoms with E-state index in [1.165, 1.54) is 27.8 Å². The first-order valence-electron chi connectivity index (χ1n) is 12.2. The minimum absolute atomic E-state index is 0.174. The van der Waals surface area contributed by atoms with Gasteiger partial charge in [0.15, 0.2) is 0 Å². The number of aromatic amines is 1. The van der Waals surface area contributed by atoms with Gasteiger partial charge in [-0.1, -0.05) is 11.6 Å². The first-order valence-corrected chi connectivity index (χ1v) is 12.2. The van der Waals surface area contributed by atoms with Crippen molar-refractivity contribution < 1.29 is 9.53 Å². The zero-order chi connectivity index (χ0) is 22.9. The van der Waals surface area contributed by atoms with Crippen LogP contribution in [0.3, 0.4) is 0 Å². The summed E-state index contributed by atoms with van der Waals surface area (Å²) in [4.78, 5) is 25.5. The molecule has 0 saturated carbocycles. The van der Waals surface area contributed by atoms with Crippen LogP contribution in [0.2, 0.25) is 0 Å². The fraction of sp³-hybridized carbons (Fsp3) is 0.481. The number of pyridine rings is 1. The van der Waals surface area contributed by atoms with Gasteiger partial charge in [0.1, 0.15) is 0 Å². The number of likely N-dealkylation sites (tertiary alicyclic amines) is 1. The molecule has 2 fully saturated rings. The molecule has 0 spiro atoms. The molecule has 5 rings (SSSR count). The molecular weight excluding hydrogens is 412 g/mol. The lowest BCUT2D eigenvalue weighted by Gasteiger charge is -2.38. The molecule has 0 unspecified atom stereocenters. The van der Waals surface area contributed by atoms with E-state index in [9.17, 15) is 4.79 Å². The molecule has 0 aliphatic carbocycles. The van der Waals surface area contributed by atoms with Gasteiger partial charge in [0.05, 0.1) is 18.8 Å². The number of amides is 1. The maximum absolute atomic E-state index is 13.3. The fourth-order valence-corrected chi connectivity index (χ4v) is 5.61. The van der Waals surface area contributed by atoms with Gasteiger partial charge in [0.25, 0.3) is 0 Å². The van der Waals surface area contributed by atoms with E-state index in [2.05, 4.69) is 70.9 Å². The molecule has 6 heteroatoms. The van der Waals surface area contributed by atoms with Crippen molar-refractivity contribution in [2.24, 2.45) is 0 Å². The van der Waals surface area contributed by atoms with E-state index in [0.717, 1.165) is 44.5 Å². The molecule has 2 aliphatic heterocycles. The number of nitrogens with zero attached hydrogens (tertiary/aromatic N) is 3. The van der Waals surface area contributed by atoms with Gasteiger partial charge in [-0.05, 0) is 63.4 Å². The maximum Gasteiger partial charge on any atom is 0.236 e. The number of carbonyl (C=O) groups excluding carboxylic acids is 1. The topological polar surface area (TPSA) is 61.5 Å². The highest BCUT2D eigenvalue weighted by Gasteiger charge is 2.31. The van der Waals surface area contributed by atoms with Crippen LogP contribution in [0.1, 0.15) is 43.9 Å². The highest BCUT2D eigenvalue weighted by Crippen LogP contribution is 2.39. The molecule has 3 aromatic rings. The number of aryl methyl sites for hydroxylation is 1. The van der Waals surface area contributed by atoms with Crippen LogP contribution < -0.4 is 0 Å². The molecule has 0 bridgehead atoms. The Morgan fingerprint density at radius 3 is 2.64 bits per heavy atom. The van der Waals surface area contributed by atoms with Crippen LogP contribution in [0.5, 0.6) is 0 Å². The number of hydrogen-bond acceptors (Lipinski definition) is 4. The van der Waals surface area contributed by atoms with Gasteiger partial charge in [0, 0.05) is 66.7 Å². The molecular formula is C27H34N4O2. The highest BCUT2D eigenvalue weighted by molar-refractivity contribution is 5.98. The van der Waals surface area contributed by atoms with E-state index in [1.54, 1.807) is 0 Å². The van der Waals surface area contributed by atoms with Crippen LogP contribution >= 0.6 is 0 Å². The normalized spacial score (nSPS) is 24.3. The third-order valence-corrected chi connectivity index (χ3v) is 6.99. The summed E-state index contributed by atoms with van der Waals surface area (Å²) in [5.41, 5.74) is 6.08. The Morgan fingerprint density at radius 1 is 1.12 bits per heavy atom. The van der Waals surface area contributed by atoms with E-state index in [0.29, 0.717) is 12.5 Å². The van der Waals surface area contributed by atoms with Gasteiger partial charge in [-0.3, -0.25) is 14.7 Å². The van der Waals surface area contributed by atoms with E-state index in [-0.39, 0.29) is 18.1 Å². The Kier molecular flexibility index (Phi) is 6.21. The highest BCUT2D eigenvalue weighted by atomic mass is 16.5. The van der Waals surface area contributed by atoms with Crippen molar-refractivity contribution in [2.75, 3.05) is 32.7 Å². The van der Waals surface area contributed by atoms with Crippen molar-refractivity contribution in [3.63, 3.8) is 0 Å². The summed E-state index contributed by atoms with van der Waals surface area (Å²) < 4.78 is 5.84. The second-order valence-corrected chi connectivity index (χ2v) is 9.83. The Hall–Kier alpha value is -2.70. The number of nitrogens with one attached hydrogen (secondary N) is 1. The summed E-state index contributed by atoms with van der Waals surface area (Å²) in [7, 11) is 0. The van der Waals surface area contributed by atoms with Gasteiger partial charge < -0.3 is 14.6 Å². The molecule has 1 amide bonds. The Balaban J connectivity index is 1.40. The van der Waals surface area contributed by atoms with E-state index in [1.807, 2.05) is 12.4 Å². The van der Waals surface area contributed by atoms with Crippen LogP contribution in [-0.4, -0.2) is 70.6 Å². The Morgan fingerprint density at radius 2 is 1.88 bits per heavy atom. The van der Waals surface area contributed by atoms with Gasteiger partial charge in [-0.25, -0.2) is 0 Å². The van der Waals surface area contributed by atoms with Gasteiger partial charge in [0.2, 0.25) is 5.91 Å². The summed E-state index contributed by atoms with van der Waals surface area (Å²) in [6, 6.07) is 10.8. The smallest absolute Gasteiger partial charge is 0.236 e. The fourth-order valence-electron chi connectivity index (χ4n) is 5.61. The van der Waals surface area contributed by atoms with Crippen molar-refractivity contribution in [1.29, 1.82) is 0 Å². The predicted molar refractivity (Wildman–Crippen MR) is 131 cm³/mol. The zero-order valence-corrected chi connectivity index (χ0v) is 19.9. The minimum Gasteiger partial charge on any atom is -0.373 e. The number of hydrogen-bond donors (Lipinski definition) is 1. The van der Waals surface area contributed by atoms with Crippen molar-refractivity contribution in [3.8, 4) is 11.1 Å². The van der Waals surface area contributed by atoms with Crippen LogP contribution in [0.4, 0.5) is 0 Å². The summed E-state index contributed by atoms with van der Waals surface area (Å²) in [5.74, 6) is 0.527. The molecule has 2 aromatic heterocycles. The standard InChI is InChI=1S/C27H34N4O2/c1-18-6-7-24-23(13-18)26(21-8-10-28-11-9-21)27(29-24)22-5-4-12-31(16-22)25(32)17-30-14-19(2)33-20(3)15-30/h6-11,13,19-20,22,29H,4-5,12,14-17H2,1-3H3/t19-,20-,22+/m0/s1. The average Bonchev–Trinajstić information content (AvgIpc) is 3.17. The third-order valence-electron chi connectivity index (χ3n) is 6.99. The molecule has 2 aliphatic rings. The Labute approximate surface area is 195 Å². The second-order valence-electron chi connectivity index (χ2n) is 9.83. The van der Waals surface area contributed by atoms with Gasteiger partial charge >= 0.3 is 0 Å². The van der Waals surface area contributed by atoms with Gasteiger partial charge in [-0.2, -0.15) is 0 Å². The number of piperidine rings is 1. The SMILES string of the molecule is Cc1ccc2[nH]c([C@@H]3CCCN(C(=O)CN4C[C@H](C)O[C@@H](C)C4)C3)c(-c3ccncc3)c2c1. The number of ether oxygens (including phenoxy) is 1. The van der Waals surface area contributed by atoms with Crippen LogP contribution in [0.25, 0.3) is 22.0 Å². The summed E-state index contributed by atoms with van der Waals surface area (Å²) >= 11 is 0. The van der Waals surface area contributed by atoms with Crippen molar-refractivity contribution in [2.45, 2.75) is 51.7 Å². The quantitative estimate of drug-likeness (QED) is 0.647. The van der Waals surface area contributed by atoms with Crippen molar-refractivity contribution in [1.82, 2.24) is 19.8 Å². The number of rotatable bonds is 4. The van der Waals surface area contributed by atoms with E-state index >= 15 is 0 Å². The number of H-pyrrole nitrogens is 1. The largest absolute Gasteiger partial charge is 0.373 e. The first kappa shape index (κ1) is 22.1. The molecule has 1 aromatic carbocycles. The van der Waals surface area contributed by atoms with Crippen LogP contribution in [0.15, 0.2) is 42.7 Å². The van der Waals surface area contributed by atoms with E-state index in [4.69, 9.17) is 4.74 Å². The average molecular weight is 447 g/mol. The number of morpholine rings is 1. The lowest BCUT2D eigenvalue weighted by atomic mass is 9.89. The zero-order valence-electron chi connectivity index (χ0n) is 19.9. The summed E-state index contributed by atoms with van der Waals surface area (Å²) in [6.07, 6.45) is 6.17. The minimum atomic E-state index is 0.174. The van der Waals surface area contributed by atoms with E-state index < -0.39 is 0 Å². The van der Waals surface area contributed by atoms with Crippen molar-refractivity contribution in [3.05, 3.63) is 54.0 Å². The molecule has 2 saturated heterocycles. The van der Waals surface area contributed by atoms with Crippen molar-refractivity contribution >= 4 is 16.8 Å². The molecule has 0 radical (unpaired) electrons. The lowest BCUT2D eigenvalue weighted by molar-refractivity contribution is -0.137. The second kappa shape index (κ2) is 9.27. The number of benzene rings is 1. The van der Waals surface area contributed by atoms with Crippen LogP contribution in [0, 0.1) is 6.92 Å². The number of carbonyl (C=O) groups is 1. The maximum atomic E-state index is 13.3. The molecule has 3 atom stereocenters. The third kappa shape index (κ3) is 4.68. The molecule has 6 nitrogen and oxygen atoms in total. The Bertz CT molecular complexity index is 1120. The predicted octanol–water partition coefficient (Wildman–Crippen LogP) is 4.35. The molecule has 1 N–H and O–H groups in total. The lowest BCUT2D eigenvalue weighted by Crippen LogP contribution is -2.51.